The van der Waals surface area contributed by atoms with Crippen LogP contribution in [0.2, 0.25) is 10.0 Å². The standard InChI is InChI=1S/C14H10Cl2N2O2S/c1-20-6-13(19)10(5-17)14-18-12(7-21-14)9-3-2-8(15)4-11(9)16/h2-4,7,10H,6H2,1H3/t10-/m0/s1. The van der Waals surface area contributed by atoms with Crippen molar-refractivity contribution in [1.29, 1.82) is 5.26 Å². The fourth-order valence-electron chi connectivity index (χ4n) is 1.73. The normalized spacial score (nSPS) is 11.9. The van der Waals surface area contributed by atoms with Crippen molar-refractivity contribution in [3.8, 4) is 17.3 Å². The summed E-state index contributed by atoms with van der Waals surface area (Å²) in [4.78, 5) is 16.1. The molecule has 0 aliphatic carbocycles. The van der Waals surface area contributed by atoms with E-state index in [1.54, 1.807) is 23.6 Å². The molecule has 1 aromatic heterocycles. The lowest BCUT2D eigenvalue weighted by molar-refractivity contribution is -0.122. The van der Waals surface area contributed by atoms with Gasteiger partial charge in [0.05, 0.1) is 16.8 Å². The molecule has 0 N–H and O–H groups in total. The van der Waals surface area contributed by atoms with E-state index in [-0.39, 0.29) is 12.4 Å². The molecule has 0 unspecified atom stereocenters. The first-order valence-corrected chi connectivity index (χ1v) is 7.52. The number of carbonyl (C=O) groups is 1. The molecular weight excluding hydrogens is 331 g/mol. The molecule has 0 radical (unpaired) electrons. The van der Waals surface area contributed by atoms with Gasteiger partial charge in [0.15, 0.2) is 11.7 Å². The van der Waals surface area contributed by atoms with Crippen LogP contribution >= 0.6 is 34.5 Å². The lowest BCUT2D eigenvalue weighted by Crippen LogP contribution is -2.15. The maximum atomic E-state index is 11.8. The molecule has 0 bridgehead atoms. The minimum Gasteiger partial charge on any atom is -0.377 e. The van der Waals surface area contributed by atoms with Crippen molar-refractivity contribution in [3.05, 3.63) is 38.6 Å². The summed E-state index contributed by atoms with van der Waals surface area (Å²) in [5, 5.41) is 12.3. The van der Waals surface area contributed by atoms with Crippen LogP contribution in [0.4, 0.5) is 0 Å². The SMILES string of the molecule is COCC(=O)[C@H](C#N)c1nc(-c2ccc(Cl)cc2Cl)cs1. The zero-order valence-corrected chi connectivity index (χ0v) is 13.3. The molecule has 0 fully saturated rings. The predicted octanol–water partition coefficient (Wildman–Crippen LogP) is 3.94. The molecule has 0 saturated carbocycles. The minimum absolute atomic E-state index is 0.116. The van der Waals surface area contributed by atoms with Gasteiger partial charge in [0.2, 0.25) is 0 Å². The molecule has 2 aromatic rings. The van der Waals surface area contributed by atoms with Crippen LogP contribution in [-0.2, 0) is 9.53 Å². The van der Waals surface area contributed by atoms with E-state index >= 15 is 0 Å². The summed E-state index contributed by atoms with van der Waals surface area (Å²) < 4.78 is 4.77. The van der Waals surface area contributed by atoms with E-state index in [9.17, 15) is 4.79 Å². The zero-order chi connectivity index (χ0) is 15.4. The fourth-order valence-corrected chi connectivity index (χ4v) is 3.12. The van der Waals surface area contributed by atoms with Crippen molar-refractivity contribution in [2.45, 2.75) is 5.92 Å². The molecule has 0 aliphatic heterocycles. The van der Waals surface area contributed by atoms with Gasteiger partial charge < -0.3 is 4.74 Å². The Morgan fingerprint density at radius 1 is 1.52 bits per heavy atom. The Labute approximate surface area is 135 Å². The van der Waals surface area contributed by atoms with Crippen molar-refractivity contribution < 1.29 is 9.53 Å². The van der Waals surface area contributed by atoms with Gasteiger partial charge in [0.25, 0.3) is 0 Å². The van der Waals surface area contributed by atoms with E-state index in [0.717, 1.165) is 0 Å². The number of nitrogens with zero attached hydrogens (tertiary/aromatic N) is 2. The van der Waals surface area contributed by atoms with Crippen LogP contribution in [0.25, 0.3) is 11.3 Å². The largest absolute Gasteiger partial charge is 0.377 e. The number of hydrogen-bond donors (Lipinski definition) is 0. The van der Waals surface area contributed by atoms with Crippen molar-refractivity contribution in [2.24, 2.45) is 0 Å². The lowest BCUT2D eigenvalue weighted by atomic mass is 10.1. The summed E-state index contributed by atoms with van der Waals surface area (Å²) in [5.41, 5.74) is 1.32. The van der Waals surface area contributed by atoms with Crippen LogP contribution < -0.4 is 0 Å². The lowest BCUT2D eigenvalue weighted by Gasteiger charge is -2.04. The van der Waals surface area contributed by atoms with E-state index in [2.05, 4.69) is 4.98 Å². The minimum atomic E-state index is -0.922. The molecule has 1 aromatic carbocycles. The Hall–Kier alpha value is -1.45. The second-order valence-electron chi connectivity index (χ2n) is 4.16. The van der Waals surface area contributed by atoms with E-state index in [4.69, 9.17) is 33.2 Å². The summed E-state index contributed by atoms with van der Waals surface area (Å²) in [5.74, 6) is -1.24. The van der Waals surface area contributed by atoms with E-state index in [1.807, 2.05) is 6.07 Å². The van der Waals surface area contributed by atoms with E-state index < -0.39 is 5.92 Å². The Bertz CT molecular complexity index is 709. The number of rotatable bonds is 5. The summed E-state index contributed by atoms with van der Waals surface area (Å²) in [7, 11) is 1.41. The number of benzene rings is 1. The third-order valence-electron chi connectivity index (χ3n) is 2.71. The number of aromatic nitrogens is 1. The summed E-state index contributed by atoms with van der Waals surface area (Å²) >= 11 is 13.2. The highest BCUT2D eigenvalue weighted by Gasteiger charge is 2.23. The number of hydrogen-bond acceptors (Lipinski definition) is 5. The van der Waals surface area contributed by atoms with Gasteiger partial charge in [-0.15, -0.1) is 11.3 Å². The summed E-state index contributed by atoms with van der Waals surface area (Å²) in [6.45, 7) is -0.116. The summed E-state index contributed by atoms with van der Waals surface area (Å²) in [6, 6.07) is 7.04. The summed E-state index contributed by atoms with van der Waals surface area (Å²) in [6.07, 6.45) is 0. The van der Waals surface area contributed by atoms with Crippen LogP contribution in [0.1, 0.15) is 10.9 Å². The Morgan fingerprint density at radius 3 is 2.90 bits per heavy atom. The van der Waals surface area contributed by atoms with Crippen molar-refractivity contribution in [3.63, 3.8) is 0 Å². The molecule has 0 saturated heterocycles. The van der Waals surface area contributed by atoms with Crippen LogP contribution in [0.5, 0.6) is 0 Å². The number of halogens is 2. The van der Waals surface area contributed by atoms with Crippen LogP contribution in [0.15, 0.2) is 23.6 Å². The number of methoxy groups -OCH3 is 1. The van der Waals surface area contributed by atoms with E-state index in [0.29, 0.717) is 26.3 Å². The molecule has 108 valence electrons. The van der Waals surface area contributed by atoms with Crippen molar-refractivity contribution >= 4 is 40.3 Å². The molecular formula is C14H10Cl2N2O2S. The van der Waals surface area contributed by atoms with Gasteiger partial charge in [0.1, 0.15) is 11.6 Å². The van der Waals surface area contributed by atoms with Crippen molar-refractivity contribution in [1.82, 2.24) is 4.98 Å². The van der Waals surface area contributed by atoms with Gasteiger partial charge in [-0.05, 0) is 18.2 Å². The van der Waals surface area contributed by atoms with E-state index in [1.165, 1.54) is 18.4 Å². The van der Waals surface area contributed by atoms with Gasteiger partial charge in [0, 0.05) is 23.1 Å². The zero-order valence-electron chi connectivity index (χ0n) is 11.0. The number of carbonyl (C=O) groups excluding carboxylic acids is 1. The van der Waals surface area contributed by atoms with Gasteiger partial charge in [-0.3, -0.25) is 4.79 Å². The Balaban J connectivity index is 2.33. The first-order valence-electron chi connectivity index (χ1n) is 5.89. The highest BCUT2D eigenvalue weighted by molar-refractivity contribution is 7.10. The maximum absolute atomic E-state index is 11.8. The predicted molar refractivity (Wildman–Crippen MR) is 82.8 cm³/mol. The van der Waals surface area contributed by atoms with Gasteiger partial charge in [-0.2, -0.15) is 5.26 Å². The average Bonchev–Trinajstić information content (AvgIpc) is 2.89. The number of thiazole rings is 1. The van der Waals surface area contributed by atoms with Crippen LogP contribution in [-0.4, -0.2) is 24.5 Å². The molecule has 1 atom stereocenters. The number of ketones is 1. The molecule has 2 rings (SSSR count). The van der Waals surface area contributed by atoms with Crippen molar-refractivity contribution in [2.75, 3.05) is 13.7 Å². The van der Waals surface area contributed by atoms with Gasteiger partial charge >= 0.3 is 0 Å². The monoisotopic (exact) mass is 340 g/mol. The third-order valence-corrected chi connectivity index (χ3v) is 4.17. The smallest absolute Gasteiger partial charge is 0.182 e. The third kappa shape index (κ3) is 3.60. The molecule has 1 heterocycles. The molecule has 7 heteroatoms. The Morgan fingerprint density at radius 2 is 2.29 bits per heavy atom. The second-order valence-corrected chi connectivity index (χ2v) is 5.89. The van der Waals surface area contributed by atoms with Gasteiger partial charge in [-0.25, -0.2) is 4.98 Å². The van der Waals surface area contributed by atoms with Crippen LogP contribution in [0, 0.1) is 11.3 Å². The second kappa shape index (κ2) is 7.01. The quantitative estimate of drug-likeness (QED) is 0.826. The maximum Gasteiger partial charge on any atom is 0.182 e. The Kier molecular flexibility index (Phi) is 5.32. The topological polar surface area (TPSA) is 63.0 Å². The molecule has 4 nitrogen and oxygen atoms in total. The highest BCUT2D eigenvalue weighted by Crippen LogP contribution is 2.32. The molecule has 0 spiro atoms. The fraction of sp³-hybridized carbons (Fsp3) is 0.214. The molecule has 0 aliphatic rings. The van der Waals surface area contributed by atoms with Crippen LogP contribution in [0.3, 0.4) is 0 Å². The molecule has 0 amide bonds. The average molecular weight is 341 g/mol. The van der Waals surface area contributed by atoms with Gasteiger partial charge in [-0.1, -0.05) is 23.2 Å². The first kappa shape index (κ1) is 15.9. The number of nitriles is 1. The molecule has 21 heavy (non-hydrogen) atoms. The number of ether oxygens (including phenoxy) is 1. The number of Topliss-reactive ketones (excluding diaryl/α,β-unsaturated/α-hetero) is 1. The first-order chi connectivity index (χ1) is 10.1. The highest BCUT2D eigenvalue weighted by atomic mass is 35.5.